The van der Waals surface area contributed by atoms with Gasteiger partial charge in [-0.1, -0.05) is 0 Å². The van der Waals surface area contributed by atoms with Gasteiger partial charge in [-0.05, 0) is 0 Å². The summed E-state index contributed by atoms with van der Waals surface area (Å²) in [6, 6.07) is 0. The Balaban J connectivity index is 3.51. The summed E-state index contributed by atoms with van der Waals surface area (Å²) >= 11 is 0. The summed E-state index contributed by atoms with van der Waals surface area (Å²) in [6.45, 7) is 0. The highest BCUT2D eigenvalue weighted by molar-refractivity contribution is 5.92. The van der Waals surface area contributed by atoms with Crippen LogP contribution < -0.4 is 4.74 Å². The fourth-order valence-electron chi connectivity index (χ4n) is 1.06. The molecule has 1 rings (SSSR count). The van der Waals surface area contributed by atoms with Gasteiger partial charge in [0.25, 0.3) is 6.43 Å². The summed E-state index contributed by atoms with van der Waals surface area (Å²) in [5.41, 5.74) is -2.16. The molecule has 1 aromatic rings. The first-order valence-electron chi connectivity index (χ1n) is 3.72. The van der Waals surface area contributed by atoms with Crippen LogP contribution in [0.25, 0.3) is 0 Å². The average Bonchev–Trinajstić information content (AvgIpc) is 2.16. The van der Waals surface area contributed by atoms with Crippen molar-refractivity contribution in [3.63, 3.8) is 0 Å². The lowest BCUT2D eigenvalue weighted by atomic mass is 10.1. The first kappa shape index (κ1) is 11.3. The standard InChI is InChI=1S/C8H6F3NO3/c1-15-3-2-12-7(11)5(6(9)10)4(3)8(13)14/h2,6H,1H3,(H,13,14). The summed E-state index contributed by atoms with van der Waals surface area (Å²) in [4.78, 5) is 13.6. The highest BCUT2D eigenvalue weighted by Crippen LogP contribution is 2.30. The number of aromatic carboxylic acids is 1. The molecule has 15 heavy (non-hydrogen) atoms. The normalized spacial score (nSPS) is 10.5. The molecule has 0 saturated heterocycles. The summed E-state index contributed by atoms with van der Waals surface area (Å²) < 4.78 is 42.1. The minimum Gasteiger partial charge on any atom is -0.494 e. The third kappa shape index (κ3) is 2.00. The Morgan fingerprint density at radius 2 is 2.20 bits per heavy atom. The zero-order chi connectivity index (χ0) is 11.6. The topological polar surface area (TPSA) is 59.4 Å². The van der Waals surface area contributed by atoms with Crippen molar-refractivity contribution in [1.82, 2.24) is 4.98 Å². The number of ether oxygens (including phenoxy) is 1. The Morgan fingerprint density at radius 1 is 1.60 bits per heavy atom. The van der Waals surface area contributed by atoms with Crippen molar-refractivity contribution in [2.75, 3.05) is 7.11 Å². The monoisotopic (exact) mass is 221 g/mol. The smallest absolute Gasteiger partial charge is 0.340 e. The lowest BCUT2D eigenvalue weighted by molar-refractivity contribution is 0.0677. The van der Waals surface area contributed by atoms with E-state index in [1.165, 1.54) is 0 Å². The molecule has 82 valence electrons. The largest absolute Gasteiger partial charge is 0.494 e. The van der Waals surface area contributed by atoms with Crippen LogP contribution >= 0.6 is 0 Å². The maximum atomic E-state index is 12.9. The van der Waals surface area contributed by atoms with Crippen molar-refractivity contribution in [2.24, 2.45) is 0 Å². The number of hydrogen-bond donors (Lipinski definition) is 1. The first-order chi connectivity index (χ1) is 6.99. The van der Waals surface area contributed by atoms with Gasteiger partial charge in [0.15, 0.2) is 5.75 Å². The number of hydrogen-bond acceptors (Lipinski definition) is 3. The molecule has 1 N–H and O–H groups in total. The van der Waals surface area contributed by atoms with E-state index in [4.69, 9.17) is 5.11 Å². The maximum absolute atomic E-state index is 12.9. The average molecular weight is 221 g/mol. The van der Waals surface area contributed by atoms with Crippen molar-refractivity contribution in [3.8, 4) is 5.75 Å². The van der Waals surface area contributed by atoms with E-state index in [-0.39, 0.29) is 0 Å². The van der Waals surface area contributed by atoms with E-state index in [2.05, 4.69) is 9.72 Å². The van der Waals surface area contributed by atoms with E-state index >= 15 is 0 Å². The molecule has 4 nitrogen and oxygen atoms in total. The van der Waals surface area contributed by atoms with Crippen molar-refractivity contribution in [3.05, 3.63) is 23.3 Å². The van der Waals surface area contributed by atoms with Crippen molar-refractivity contribution in [2.45, 2.75) is 6.43 Å². The highest BCUT2D eigenvalue weighted by atomic mass is 19.3. The molecule has 0 radical (unpaired) electrons. The number of halogens is 3. The van der Waals surface area contributed by atoms with E-state index in [0.717, 1.165) is 13.3 Å². The SMILES string of the molecule is COc1cnc(F)c(C(F)F)c1C(=O)O. The lowest BCUT2D eigenvalue weighted by Crippen LogP contribution is -2.09. The Hall–Kier alpha value is -1.79. The molecule has 0 fully saturated rings. The van der Waals surface area contributed by atoms with E-state index in [9.17, 15) is 18.0 Å². The zero-order valence-electron chi connectivity index (χ0n) is 7.50. The molecule has 0 unspecified atom stereocenters. The third-order valence-electron chi connectivity index (χ3n) is 1.69. The van der Waals surface area contributed by atoms with Gasteiger partial charge in [0.2, 0.25) is 5.95 Å². The van der Waals surface area contributed by atoms with Crippen LogP contribution in [0.4, 0.5) is 13.2 Å². The van der Waals surface area contributed by atoms with Gasteiger partial charge in [0, 0.05) is 0 Å². The number of aromatic nitrogens is 1. The van der Waals surface area contributed by atoms with Gasteiger partial charge in [0.1, 0.15) is 5.56 Å². The fraction of sp³-hybridized carbons (Fsp3) is 0.250. The second-order valence-corrected chi connectivity index (χ2v) is 2.51. The molecule has 0 aliphatic heterocycles. The number of carbonyl (C=O) groups is 1. The van der Waals surface area contributed by atoms with Gasteiger partial charge >= 0.3 is 5.97 Å². The van der Waals surface area contributed by atoms with Crippen LogP contribution in [-0.4, -0.2) is 23.2 Å². The van der Waals surface area contributed by atoms with E-state index in [0.29, 0.717) is 0 Å². The van der Waals surface area contributed by atoms with Crippen LogP contribution in [0.15, 0.2) is 6.20 Å². The van der Waals surface area contributed by atoms with Crippen LogP contribution in [0, 0.1) is 5.95 Å². The fourth-order valence-corrected chi connectivity index (χ4v) is 1.06. The Labute approximate surface area is 82.3 Å². The summed E-state index contributed by atoms with van der Waals surface area (Å²) in [5, 5.41) is 8.64. The molecule has 0 spiro atoms. The zero-order valence-corrected chi connectivity index (χ0v) is 7.50. The van der Waals surface area contributed by atoms with Gasteiger partial charge in [0.05, 0.1) is 18.9 Å². The van der Waals surface area contributed by atoms with Crippen LogP contribution in [0.2, 0.25) is 0 Å². The van der Waals surface area contributed by atoms with Crippen LogP contribution in [0.5, 0.6) is 5.75 Å². The predicted octanol–water partition coefficient (Wildman–Crippen LogP) is 1.87. The van der Waals surface area contributed by atoms with E-state index in [1.807, 2.05) is 0 Å². The molecule has 7 heteroatoms. The minimum absolute atomic E-state index is 0.404. The van der Waals surface area contributed by atoms with E-state index in [1.54, 1.807) is 0 Å². The van der Waals surface area contributed by atoms with Crippen molar-refractivity contribution >= 4 is 5.97 Å². The van der Waals surface area contributed by atoms with Crippen LogP contribution in [-0.2, 0) is 0 Å². The van der Waals surface area contributed by atoms with Crippen LogP contribution in [0.1, 0.15) is 22.3 Å². The molecule has 0 aliphatic carbocycles. The number of carboxylic acid groups (broad SMARTS) is 1. The number of carboxylic acids is 1. The second-order valence-electron chi connectivity index (χ2n) is 2.51. The molecule has 1 heterocycles. The Kier molecular flexibility index (Phi) is 3.13. The van der Waals surface area contributed by atoms with Gasteiger partial charge in [-0.25, -0.2) is 18.6 Å². The summed E-state index contributed by atoms with van der Waals surface area (Å²) in [5.74, 6) is -3.61. The number of rotatable bonds is 3. The van der Waals surface area contributed by atoms with Gasteiger partial charge < -0.3 is 9.84 Å². The molecule has 0 amide bonds. The van der Waals surface area contributed by atoms with E-state index < -0.39 is 35.2 Å². The lowest BCUT2D eigenvalue weighted by Gasteiger charge is -2.09. The van der Waals surface area contributed by atoms with Crippen LogP contribution in [0.3, 0.4) is 0 Å². The number of nitrogens with zero attached hydrogens (tertiary/aromatic N) is 1. The van der Waals surface area contributed by atoms with Gasteiger partial charge in [-0.2, -0.15) is 4.39 Å². The first-order valence-corrected chi connectivity index (χ1v) is 3.72. The number of alkyl halides is 2. The maximum Gasteiger partial charge on any atom is 0.340 e. The molecule has 0 bridgehead atoms. The van der Waals surface area contributed by atoms with Gasteiger partial charge in [-0.3, -0.25) is 0 Å². The molecule has 0 atom stereocenters. The molecule has 1 aromatic heterocycles. The second kappa shape index (κ2) is 4.16. The Morgan fingerprint density at radius 3 is 2.60 bits per heavy atom. The van der Waals surface area contributed by atoms with Crippen molar-refractivity contribution in [1.29, 1.82) is 0 Å². The number of pyridine rings is 1. The number of methoxy groups -OCH3 is 1. The molecule has 0 aromatic carbocycles. The quantitative estimate of drug-likeness (QED) is 0.791. The molecule has 0 saturated carbocycles. The molecular formula is C8H6F3NO3. The van der Waals surface area contributed by atoms with Crippen molar-refractivity contribution < 1.29 is 27.8 Å². The molecule has 0 aliphatic rings. The minimum atomic E-state index is -3.27. The summed E-state index contributed by atoms with van der Waals surface area (Å²) in [7, 11) is 1.08. The molecular weight excluding hydrogens is 215 g/mol. The Bertz CT molecular complexity index is 395. The van der Waals surface area contributed by atoms with Gasteiger partial charge in [-0.15, -0.1) is 0 Å². The third-order valence-corrected chi connectivity index (χ3v) is 1.69. The highest BCUT2D eigenvalue weighted by Gasteiger charge is 2.27. The predicted molar refractivity (Wildman–Crippen MR) is 42.7 cm³/mol. The summed E-state index contributed by atoms with van der Waals surface area (Å²) in [6.07, 6.45) is -2.52.